The Morgan fingerprint density at radius 1 is 1.39 bits per heavy atom. The molecule has 0 saturated carbocycles. The molecule has 0 spiro atoms. The van der Waals surface area contributed by atoms with Crippen LogP contribution < -0.4 is 5.73 Å². The lowest BCUT2D eigenvalue weighted by Crippen LogP contribution is -2.50. The number of anilines is 1. The van der Waals surface area contributed by atoms with Crippen molar-refractivity contribution in [2.75, 3.05) is 45.1 Å². The van der Waals surface area contributed by atoms with E-state index in [0.29, 0.717) is 25.5 Å². The maximum absolute atomic E-state index is 12.0. The maximum atomic E-state index is 12.0. The molecule has 1 aromatic rings. The third kappa shape index (κ3) is 3.21. The van der Waals surface area contributed by atoms with Crippen molar-refractivity contribution in [3.63, 3.8) is 0 Å². The summed E-state index contributed by atoms with van der Waals surface area (Å²) >= 11 is 0. The molecule has 0 unspecified atom stereocenters. The van der Waals surface area contributed by atoms with Crippen molar-refractivity contribution in [3.8, 4) is 0 Å². The van der Waals surface area contributed by atoms with Gasteiger partial charge >= 0.3 is 0 Å². The maximum Gasteiger partial charge on any atom is 0.244 e. The van der Waals surface area contributed by atoms with Crippen LogP contribution in [0, 0.1) is 0 Å². The van der Waals surface area contributed by atoms with Crippen LogP contribution in [0.25, 0.3) is 0 Å². The molecule has 2 heterocycles. The third-order valence-electron chi connectivity index (χ3n) is 3.10. The van der Waals surface area contributed by atoms with Crippen LogP contribution in [-0.4, -0.2) is 69.9 Å². The van der Waals surface area contributed by atoms with Gasteiger partial charge in [-0.25, -0.2) is 0 Å². The number of nitrogen functional groups attached to an aromatic ring is 1. The first-order chi connectivity index (χ1) is 8.69. The van der Waals surface area contributed by atoms with Crippen LogP contribution in [0.2, 0.25) is 0 Å². The summed E-state index contributed by atoms with van der Waals surface area (Å²) in [7, 11) is 0. The Morgan fingerprint density at radius 3 is 2.67 bits per heavy atom. The van der Waals surface area contributed by atoms with Gasteiger partial charge in [-0.2, -0.15) is 5.10 Å². The molecule has 1 saturated heterocycles. The predicted molar refractivity (Wildman–Crippen MR) is 66.7 cm³/mol. The third-order valence-corrected chi connectivity index (χ3v) is 3.10. The fourth-order valence-electron chi connectivity index (χ4n) is 2.07. The second-order valence-electron chi connectivity index (χ2n) is 4.38. The SMILES string of the molecule is Nc1ccn(CC(=O)N2CCN(CCO)CC2)n1. The number of carbonyl (C=O) groups excluding carboxylic acids is 1. The van der Waals surface area contributed by atoms with Crippen molar-refractivity contribution in [2.24, 2.45) is 0 Å². The van der Waals surface area contributed by atoms with Crippen LogP contribution in [0.5, 0.6) is 0 Å². The fraction of sp³-hybridized carbons (Fsp3) is 0.636. The first kappa shape index (κ1) is 12.8. The number of nitrogens with zero attached hydrogens (tertiary/aromatic N) is 4. The summed E-state index contributed by atoms with van der Waals surface area (Å²) in [5.41, 5.74) is 5.50. The summed E-state index contributed by atoms with van der Waals surface area (Å²) in [6.07, 6.45) is 1.70. The van der Waals surface area contributed by atoms with E-state index >= 15 is 0 Å². The van der Waals surface area contributed by atoms with Crippen LogP contribution in [-0.2, 0) is 11.3 Å². The highest BCUT2D eigenvalue weighted by molar-refractivity contribution is 5.76. The van der Waals surface area contributed by atoms with Crippen molar-refractivity contribution >= 4 is 11.7 Å². The van der Waals surface area contributed by atoms with E-state index < -0.39 is 0 Å². The lowest BCUT2D eigenvalue weighted by atomic mass is 10.3. The summed E-state index contributed by atoms with van der Waals surface area (Å²) in [6.45, 7) is 4.11. The average Bonchev–Trinajstić information content (AvgIpc) is 2.76. The van der Waals surface area contributed by atoms with E-state index in [1.807, 2.05) is 4.90 Å². The second-order valence-corrected chi connectivity index (χ2v) is 4.38. The summed E-state index contributed by atoms with van der Waals surface area (Å²) < 4.78 is 1.55. The van der Waals surface area contributed by atoms with E-state index in [2.05, 4.69) is 10.00 Å². The van der Waals surface area contributed by atoms with Crippen molar-refractivity contribution < 1.29 is 9.90 Å². The number of aliphatic hydroxyl groups is 1. The highest BCUT2D eigenvalue weighted by Crippen LogP contribution is 2.03. The molecular weight excluding hydrogens is 234 g/mol. The highest BCUT2D eigenvalue weighted by atomic mass is 16.3. The van der Waals surface area contributed by atoms with E-state index in [0.717, 1.165) is 13.1 Å². The van der Waals surface area contributed by atoms with Gasteiger partial charge in [0.2, 0.25) is 5.91 Å². The summed E-state index contributed by atoms with van der Waals surface area (Å²) in [5.74, 6) is 0.484. The number of hydrogen-bond donors (Lipinski definition) is 2. The fourth-order valence-corrected chi connectivity index (χ4v) is 2.07. The van der Waals surface area contributed by atoms with Crippen molar-refractivity contribution in [3.05, 3.63) is 12.3 Å². The Balaban J connectivity index is 1.80. The minimum Gasteiger partial charge on any atom is -0.395 e. The topological polar surface area (TPSA) is 87.6 Å². The highest BCUT2D eigenvalue weighted by Gasteiger charge is 2.20. The van der Waals surface area contributed by atoms with Crippen LogP contribution in [0.1, 0.15) is 0 Å². The summed E-state index contributed by atoms with van der Waals surface area (Å²) in [4.78, 5) is 16.0. The number of rotatable bonds is 4. The Morgan fingerprint density at radius 2 is 2.11 bits per heavy atom. The number of amides is 1. The number of β-amino-alcohol motifs (C(OH)–C–C–N with tert-alkyl or cyclic N) is 1. The molecule has 0 bridgehead atoms. The summed E-state index contributed by atoms with van der Waals surface area (Å²) in [6, 6.07) is 1.67. The van der Waals surface area contributed by atoms with E-state index in [4.69, 9.17) is 10.8 Å². The van der Waals surface area contributed by atoms with Gasteiger partial charge in [0.25, 0.3) is 0 Å². The number of aromatic nitrogens is 2. The molecule has 1 aromatic heterocycles. The molecule has 1 aliphatic rings. The van der Waals surface area contributed by atoms with Gasteiger partial charge in [-0.05, 0) is 6.07 Å². The normalized spacial score (nSPS) is 17.1. The molecule has 1 fully saturated rings. The zero-order chi connectivity index (χ0) is 13.0. The van der Waals surface area contributed by atoms with Gasteiger partial charge in [-0.1, -0.05) is 0 Å². The molecule has 1 aliphatic heterocycles. The molecule has 3 N–H and O–H groups in total. The van der Waals surface area contributed by atoms with Gasteiger partial charge in [0, 0.05) is 38.9 Å². The van der Waals surface area contributed by atoms with E-state index in [1.54, 1.807) is 16.9 Å². The molecule has 0 radical (unpaired) electrons. The van der Waals surface area contributed by atoms with Gasteiger partial charge < -0.3 is 15.7 Å². The number of nitrogens with two attached hydrogens (primary N) is 1. The Bertz CT molecular complexity index is 398. The molecule has 0 aliphatic carbocycles. The molecule has 1 amide bonds. The molecule has 2 rings (SSSR count). The number of aliphatic hydroxyl groups excluding tert-OH is 1. The largest absolute Gasteiger partial charge is 0.395 e. The van der Waals surface area contributed by atoms with E-state index in [-0.39, 0.29) is 19.1 Å². The molecule has 0 atom stereocenters. The van der Waals surface area contributed by atoms with Gasteiger partial charge in [0.15, 0.2) is 0 Å². The predicted octanol–water partition coefficient (Wildman–Crippen LogP) is -1.40. The van der Waals surface area contributed by atoms with E-state index in [9.17, 15) is 4.79 Å². The average molecular weight is 253 g/mol. The van der Waals surface area contributed by atoms with Crippen molar-refractivity contribution in [1.29, 1.82) is 0 Å². The quantitative estimate of drug-likeness (QED) is 0.689. The molecule has 18 heavy (non-hydrogen) atoms. The Hall–Kier alpha value is -1.60. The zero-order valence-corrected chi connectivity index (χ0v) is 10.3. The zero-order valence-electron chi connectivity index (χ0n) is 10.3. The molecule has 7 heteroatoms. The monoisotopic (exact) mass is 253 g/mol. The lowest BCUT2D eigenvalue weighted by Gasteiger charge is -2.34. The standard InChI is InChI=1S/C11H19N5O2/c12-10-1-2-16(13-10)9-11(18)15-5-3-14(4-6-15)7-8-17/h1-2,17H,3-9H2,(H2,12,13). The molecule has 100 valence electrons. The first-order valence-electron chi connectivity index (χ1n) is 6.09. The van der Waals surface area contributed by atoms with Gasteiger partial charge in [-0.15, -0.1) is 0 Å². The van der Waals surface area contributed by atoms with Gasteiger partial charge in [0.05, 0.1) is 6.61 Å². The summed E-state index contributed by atoms with van der Waals surface area (Å²) in [5, 5.41) is 12.8. The smallest absolute Gasteiger partial charge is 0.244 e. The minimum absolute atomic E-state index is 0.0572. The van der Waals surface area contributed by atoms with Crippen LogP contribution >= 0.6 is 0 Å². The van der Waals surface area contributed by atoms with Crippen LogP contribution in [0.3, 0.4) is 0 Å². The van der Waals surface area contributed by atoms with E-state index in [1.165, 1.54) is 0 Å². The minimum atomic E-state index is 0.0572. The number of piperazine rings is 1. The lowest BCUT2D eigenvalue weighted by molar-refractivity contribution is -0.133. The van der Waals surface area contributed by atoms with Crippen LogP contribution in [0.15, 0.2) is 12.3 Å². The molecule has 7 nitrogen and oxygen atoms in total. The number of carbonyl (C=O) groups is 1. The van der Waals surface area contributed by atoms with Crippen LogP contribution in [0.4, 0.5) is 5.82 Å². The van der Waals surface area contributed by atoms with Crippen molar-refractivity contribution in [2.45, 2.75) is 6.54 Å². The van der Waals surface area contributed by atoms with Gasteiger partial charge in [0.1, 0.15) is 12.4 Å². The number of hydrogen-bond acceptors (Lipinski definition) is 5. The second kappa shape index (κ2) is 5.83. The first-order valence-corrected chi connectivity index (χ1v) is 6.09. The van der Waals surface area contributed by atoms with Crippen molar-refractivity contribution in [1.82, 2.24) is 19.6 Å². The Labute approximate surface area is 106 Å². The molecular formula is C11H19N5O2. The molecule has 0 aromatic carbocycles. The Kier molecular flexibility index (Phi) is 4.16. The van der Waals surface area contributed by atoms with Gasteiger partial charge in [-0.3, -0.25) is 14.4 Å².